The topological polar surface area (TPSA) is 70.3 Å². The molecule has 2 aromatic rings. The summed E-state index contributed by atoms with van der Waals surface area (Å²) in [5.41, 5.74) is 6.15. The Morgan fingerprint density at radius 3 is 2.47 bits per heavy atom. The molecule has 17 heavy (non-hydrogen) atoms. The van der Waals surface area contributed by atoms with Crippen LogP contribution in [0.1, 0.15) is 5.69 Å². The fourth-order valence-corrected chi connectivity index (χ4v) is 1.32. The first-order valence-corrected chi connectivity index (χ1v) is 5.15. The molecule has 0 spiro atoms. The molecule has 0 unspecified atom stereocenters. The Hall–Kier alpha value is -2.14. The van der Waals surface area contributed by atoms with Gasteiger partial charge in [0.05, 0.1) is 25.2 Å². The van der Waals surface area contributed by atoms with Gasteiger partial charge in [0.25, 0.3) is 0 Å². The Labute approximate surface area is 99.2 Å². The summed E-state index contributed by atoms with van der Waals surface area (Å²) >= 11 is 0. The second-order valence-corrected chi connectivity index (χ2v) is 3.30. The molecular weight excluding hydrogens is 218 g/mol. The minimum atomic E-state index is 0.363. The molecule has 2 rings (SSSR count). The molecule has 0 amide bonds. The third-order valence-corrected chi connectivity index (χ3v) is 2.17. The Balaban J connectivity index is 2.19. The molecular formula is C12H13N3O2. The van der Waals surface area contributed by atoms with E-state index in [2.05, 4.69) is 9.97 Å². The van der Waals surface area contributed by atoms with E-state index >= 15 is 0 Å². The third kappa shape index (κ3) is 2.70. The largest absolute Gasteiger partial charge is 0.493 e. The average molecular weight is 231 g/mol. The summed E-state index contributed by atoms with van der Waals surface area (Å²) in [6.45, 7) is 0.363. The number of aromatic nitrogens is 2. The lowest BCUT2D eigenvalue weighted by atomic mass is 10.3. The van der Waals surface area contributed by atoms with Crippen LogP contribution in [0.15, 0.2) is 36.7 Å². The maximum Gasteiger partial charge on any atom is 0.238 e. The number of rotatable bonds is 4. The van der Waals surface area contributed by atoms with Gasteiger partial charge in [-0.1, -0.05) is 12.1 Å². The maximum atomic E-state index is 5.56. The van der Waals surface area contributed by atoms with Crippen molar-refractivity contribution in [1.29, 1.82) is 0 Å². The van der Waals surface area contributed by atoms with Crippen molar-refractivity contribution in [3.05, 3.63) is 42.4 Å². The summed E-state index contributed by atoms with van der Waals surface area (Å²) in [5.74, 6) is 1.66. The van der Waals surface area contributed by atoms with E-state index in [9.17, 15) is 0 Å². The van der Waals surface area contributed by atoms with Crippen LogP contribution in [-0.2, 0) is 6.54 Å². The van der Waals surface area contributed by atoms with Crippen molar-refractivity contribution in [2.45, 2.75) is 6.54 Å². The molecule has 0 aliphatic carbocycles. The number of hydrogen-bond donors (Lipinski definition) is 1. The molecule has 88 valence electrons. The van der Waals surface area contributed by atoms with Crippen molar-refractivity contribution in [1.82, 2.24) is 9.97 Å². The zero-order valence-corrected chi connectivity index (χ0v) is 9.46. The van der Waals surface area contributed by atoms with Gasteiger partial charge in [-0.3, -0.25) is 4.98 Å². The van der Waals surface area contributed by atoms with E-state index in [0.29, 0.717) is 23.9 Å². The van der Waals surface area contributed by atoms with E-state index in [1.165, 1.54) is 6.20 Å². The van der Waals surface area contributed by atoms with E-state index in [4.69, 9.17) is 15.2 Å². The number of methoxy groups -OCH3 is 1. The number of nitrogens with zero attached hydrogens (tertiary/aromatic N) is 2. The highest BCUT2D eigenvalue weighted by Crippen LogP contribution is 2.29. The van der Waals surface area contributed by atoms with Gasteiger partial charge in [0.15, 0.2) is 11.5 Å². The van der Waals surface area contributed by atoms with Crippen molar-refractivity contribution >= 4 is 0 Å². The lowest BCUT2D eigenvalue weighted by Gasteiger charge is -2.08. The van der Waals surface area contributed by atoms with E-state index < -0.39 is 0 Å². The van der Waals surface area contributed by atoms with Crippen LogP contribution in [0.5, 0.6) is 17.4 Å². The molecule has 1 aromatic heterocycles. The Morgan fingerprint density at radius 1 is 1.12 bits per heavy atom. The first-order valence-electron chi connectivity index (χ1n) is 5.15. The van der Waals surface area contributed by atoms with Crippen molar-refractivity contribution in [2.75, 3.05) is 7.11 Å². The summed E-state index contributed by atoms with van der Waals surface area (Å²) in [6.07, 6.45) is 3.12. The minimum absolute atomic E-state index is 0.363. The predicted molar refractivity (Wildman–Crippen MR) is 63.0 cm³/mol. The molecule has 0 aliphatic rings. The highest BCUT2D eigenvalue weighted by Gasteiger charge is 2.05. The highest BCUT2D eigenvalue weighted by atomic mass is 16.5. The first-order chi connectivity index (χ1) is 8.33. The number of benzene rings is 1. The smallest absolute Gasteiger partial charge is 0.238 e. The molecule has 0 atom stereocenters. The molecule has 5 nitrogen and oxygen atoms in total. The van der Waals surface area contributed by atoms with Crippen molar-refractivity contribution in [2.24, 2.45) is 5.73 Å². The van der Waals surface area contributed by atoms with E-state index in [0.717, 1.165) is 5.69 Å². The average Bonchev–Trinajstić information content (AvgIpc) is 2.40. The van der Waals surface area contributed by atoms with Crippen LogP contribution in [-0.4, -0.2) is 17.1 Å². The maximum absolute atomic E-state index is 5.56. The van der Waals surface area contributed by atoms with E-state index in [-0.39, 0.29) is 0 Å². The fourth-order valence-electron chi connectivity index (χ4n) is 1.32. The predicted octanol–water partition coefficient (Wildman–Crippen LogP) is 1.74. The summed E-state index contributed by atoms with van der Waals surface area (Å²) in [6, 6.07) is 7.35. The quantitative estimate of drug-likeness (QED) is 0.867. The monoisotopic (exact) mass is 231 g/mol. The second-order valence-electron chi connectivity index (χ2n) is 3.30. The second kappa shape index (κ2) is 5.27. The van der Waals surface area contributed by atoms with Gasteiger partial charge in [-0.25, -0.2) is 4.98 Å². The number of para-hydroxylation sites is 2. The van der Waals surface area contributed by atoms with Crippen LogP contribution in [0, 0.1) is 0 Å². The molecule has 0 fully saturated rings. The standard InChI is InChI=1S/C12H13N3O2/c1-16-10-4-2-3-5-11(10)17-12-8-14-9(6-13)7-15-12/h2-5,7-8H,6,13H2,1H3. The van der Waals surface area contributed by atoms with Gasteiger partial charge in [0.1, 0.15) is 0 Å². The van der Waals surface area contributed by atoms with Crippen LogP contribution in [0.4, 0.5) is 0 Å². The molecule has 0 radical (unpaired) electrons. The van der Waals surface area contributed by atoms with E-state index in [1.54, 1.807) is 19.4 Å². The molecule has 0 saturated heterocycles. The Bertz CT molecular complexity index is 485. The highest BCUT2D eigenvalue weighted by molar-refractivity contribution is 5.41. The Morgan fingerprint density at radius 2 is 1.88 bits per heavy atom. The minimum Gasteiger partial charge on any atom is -0.493 e. The molecule has 2 N–H and O–H groups in total. The molecule has 0 saturated carbocycles. The summed E-state index contributed by atoms with van der Waals surface area (Å²) in [7, 11) is 1.59. The van der Waals surface area contributed by atoms with Gasteiger partial charge in [-0.2, -0.15) is 0 Å². The molecule has 0 aliphatic heterocycles. The third-order valence-electron chi connectivity index (χ3n) is 2.17. The summed E-state index contributed by atoms with van der Waals surface area (Å²) in [4.78, 5) is 8.20. The molecule has 1 heterocycles. The number of nitrogens with two attached hydrogens (primary N) is 1. The van der Waals surface area contributed by atoms with Crippen LogP contribution in [0.25, 0.3) is 0 Å². The fraction of sp³-hybridized carbons (Fsp3) is 0.167. The molecule has 1 aromatic carbocycles. The summed E-state index contributed by atoms with van der Waals surface area (Å²) < 4.78 is 10.7. The number of ether oxygens (including phenoxy) is 2. The van der Waals surface area contributed by atoms with Crippen LogP contribution < -0.4 is 15.2 Å². The SMILES string of the molecule is COc1ccccc1Oc1cnc(CN)cn1. The van der Waals surface area contributed by atoms with Crippen LogP contribution in [0.2, 0.25) is 0 Å². The number of hydrogen-bond acceptors (Lipinski definition) is 5. The molecule has 0 bridgehead atoms. The van der Waals surface area contributed by atoms with Gasteiger partial charge in [-0.05, 0) is 12.1 Å². The Kier molecular flexibility index (Phi) is 3.52. The zero-order chi connectivity index (χ0) is 12.1. The lowest BCUT2D eigenvalue weighted by Crippen LogP contribution is -2.00. The van der Waals surface area contributed by atoms with Crippen molar-refractivity contribution < 1.29 is 9.47 Å². The van der Waals surface area contributed by atoms with Gasteiger partial charge >= 0.3 is 0 Å². The van der Waals surface area contributed by atoms with E-state index in [1.807, 2.05) is 18.2 Å². The normalized spacial score (nSPS) is 10.0. The van der Waals surface area contributed by atoms with Crippen molar-refractivity contribution in [3.63, 3.8) is 0 Å². The summed E-state index contributed by atoms with van der Waals surface area (Å²) in [5, 5.41) is 0. The van der Waals surface area contributed by atoms with Gasteiger partial charge < -0.3 is 15.2 Å². The van der Waals surface area contributed by atoms with Crippen LogP contribution in [0.3, 0.4) is 0 Å². The van der Waals surface area contributed by atoms with Crippen LogP contribution >= 0.6 is 0 Å². The zero-order valence-electron chi connectivity index (χ0n) is 9.46. The van der Waals surface area contributed by atoms with Gasteiger partial charge in [0, 0.05) is 6.54 Å². The lowest BCUT2D eigenvalue weighted by molar-refractivity contribution is 0.373. The molecule has 5 heteroatoms. The van der Waals surface area contributed by atoms with Crippen molar-refractivity contribution in [3.8, 4) is 17.4 Å². The van der Waals surface area contributed by atoms with Gasteiger partial charge in [-0.15, -0.1) is 0 Å². The van der Waals surface area contributed by atoms with Gasteiger partial charge in [0.2, 0.25) is 5.88 Å². The first kappa shape index (κ1) is 11.3.